The van der Waals surface area contributed by atoms with Crippen molar-refractivity contribution in [3.05, 3.63) is 29.8 Å². The Labute approximate surface area is 108 Å². The van der Waals surface area contributed by atoms with Gasteiger partial charge in [-0.2, -0.15) is 0 Å². The fourth-order valence-corrected chi connectivity index (χ4v) is 2.67. The van der Waals surface area contributed by atoms with Crippen LogP contribution in [0.5, 0.6) is 0 Å². The highest BCUT2D eigenvalue weighted by atomic mass is 32.2. The van der Waals surface area contributed by atoms with E-state index < -0.39 is 10.0 Å². The maximum atomic E-state index is 11.3. The van der Waals surface area contributed by atoms with Gasteiger partial charge in [0, 0.05) is 32.7 Å². The van der Waals surface area contributed by atoms with Crippen LogP contribution in [-0.4, -0.2) is 45.8 Å². The zero-order chi connectivity index (χ0) is 13.0. The molecule has 1 fully saturated rings. The van der Waals surface area contributed by atoms with E-state index in [0.29, 0.717) is 5.69 Å². The molecule has 2 N–H and O–H groups in total. The SMILES string of the molecule is CS(=O)(=O)Nc1ccccc1CN1CCNCC1. The molecule has 0 spiro atoms. The summed E-state index contributed by atoms with van der Waals surface area (Å²) in [5.41, 5.74) is 1.70. The molecule has 0 aliphatic carbocycles. The lowest BCUT2D eigenvalue weighted by Gasteiger charge is -2.27. The molecule has 2 rings (SSSR count). The van der Waals surface area contributed by atoms with Gasteiger partial charge in [-0.1, -0.05) is 18.2 Å². The molecule has 1 aromatic rings. The lowest BCUT2D eigenvalue weighted by atomic mass is 10.1. The third kappa shape index (κ3) is 3.97. The monoisotopic (exact) mass is 269 g/mol. The molecule has 0 atom stereocenters. The summed E-state index contributed by atoms with van der Waals surface area (Å²) in [5, 5.41) is 3.30. The highest BCUT2D eigenvalue weighted by Gasteiger charge is 2.13. The second kappa shape index (κ2) is 5.69. The Morgan fingerprint density at radius 1 is 1.28 bits per heavy atom. The number of para-hydroxylation sites is 1. The van der Waals surface area contributed by atoms with Gasteiger partial charge >= 0.3 is 0 Å². The molecule has 1 aliphatic rings. The van der Waals surface area contributed by atoms with Crippen LogP contribution < -0.4 is 10.0 Å². The van der Waals surface area contributed by atoms with Crippen LogP contribution in [-0.2, 0) is 16.6 Å². The normalized spacial score (nSPS) is 17.6. The van der Waals surface area contributed by atoms with Crippen LogP contribution in [0.3, 0.4) is 0 Å². The van der Waals surface area contributed by atoms with E-state index in [0.717, 1.165) is 38.3 Å². The Kier molecular flexibility index (Phi) is 4.21. The zero-order valence-corrected chi connectivity index (χ0v) is 11.3. The number of nitrogens with zero attached hydrogens (tertiary/aromatic N) is 1. The molecule has 1 aliphatic heterocycles. The molecule has 0 unspecified atom stereocenters. The van der Waals surface area contributed by atoms with Gasteiger partial charge in [-0.25, -0.2) is 8.42 Å². The van der Waals surface area contributed by atoms with E-state index in [9.17, 15) is 8.42 Å². The van der Waals surface area contributed by atoms with Gasteiger partial charge in [0.15, 0.2) is 0 Å². The first-order valence-electron chi connectivity index (χ1n) is 6.03. The minimum Gasteiger partial charge on any atom is -0.314 e. The minimum atomic E-state index is -3.22. The Bertz CT molecular complexity index is 496. The quantitative estimate of drug-likeness (QED) is 0.834. The number of sulfonamides is 1. The van der Waals surface area contributed by atoms with Crippen molar-refractivity contribution in [2.45, 2.75) is 6.54 Å². The van der Waals surface area contributed by atoms with Crippen LogP contribution >= 0.6 is 0 Å². The molecular formula is C12H19N3O2S. The summed E-state index contributed by atoms with van der Waals surface area (Å²) < 4.78 is 25.2. The molecule has 1 saturated heterocycles. The fraction of sp³-hybridized carbons (Fsp3) is 0.500. The van der Waals surface area contributed by atoms with E-state index in [-0.39, 0.29) is 0 Å². The second-order valence-electron chi connectivity index (χ2n) is 4.56. The van der Waals surface area contributed by atoms with Crippen LogP contribution in [0.4, 0.5) is 5.69 Å². The molecule has 100 valence electrons. The van der Waals surface area contributed by atoms with Crippen LogP contribution in [0.15, 0.2) is 24.3 Å². The van der Waals surface area contributed by atoms with Crippen molar-refractivity contribution in [1.29, 1.82) is 0 Å². The zero-order valence-electron chi connectivity index (χ0n) is 10.5. The van der Waals surface area contributed by atoms with Gasteiger partial charge in [-0.3, -0.25) is 9.62 Å². The van der Waals surface area contributed by atoms with E-state index in [1.165, 1.54) is 6.26 Å². The minimum absolute atomic E-state index is 0.679. The maximum absolute atomic E-state index is 11.3. The Morgan fingerprint density at radius 2 is 1.94 bits per heavy atom. The van der Waals surface area contributed by atoms with Crippen molar-refractivity contribution < 1.29 is 8.42 Å². The first-order chi connectivity index (χ1) is 8.54. The standard InChI is InChI=1S/C12H19N3O2S/c1-18(16,17)14-12-5-3-2-4-11(12)10-15-8-6-13-7-9-15/h2-5,13-14H,6-10H2,1H3. The third-order valence-electron chi connectivity index (χ3n) is 2.92. The number of hydrogen-bond donors (Lipinski definition) is 2. The van der Waals surface area contributed by atoms with Crippen molar-refractivity contribution in [3.8, 4) is 0 Å². The van der Waals surface area contributed by atoms with Crippen LogP contribution in [0.2, 0.25) is 0 Å². The average Bonchev–Trinajstić information content (AvgIpc) is 2.31. The summed E-state index contributed by atoms with van der Waals surface area (Å²) in [6, 6.07) is 7.55. The molecule has 1 aromatic carbocycles. The molecule has 0 radical (unpaired) electrons. The van der Waals surface area contributed by atoms with Crippen LogP contribution in [0.1, 0.15) is 5.56 Å². The summed E-state index contributed by atoms with van der Waals surface area (Å²) in [5.74, 6) is 0. The van der Waals surface area contributed by atoms with Crippen molar-refractivity contribution in [1.82, 2.24) is 10.2 Å². The van der Waals surface area contributed by atoms with E-state index in [1.54, 1.807) is 6.07 Å². The van der Waals surface area contributed by atoms with Gasteiger partial charge in [-0.05, 0) is 11.6 Å². The van der Waals surface area contributed by atoms with Gasteiger partial charge in [0.25, 0.3) is 0 Å². The van der Waals surface area contributed by atoms with Crippen LogP contribution in [0, 0.1) is 0 Å². The van der Waals surface area contributed by atoms with Crippen LogP contribution in [0.25, 0.3) is 0 Å². The third-order valence-corrected chi connectivity index (χ3v) is 3.51. The lowest BCUT2D eigenvalue weighted by molar-refractivity contribution is 0.233. The van der Waals surface area contributed by atoms with Gasteiger partial charge in [0.2, 0.25) is 10.0 Å². The topological polar surface area (TPSA) is 61.4 Å². The molecule has 1 heterocycles. The van der Waals surface area contributed by atoms with Gasteiger partial charge in [0.1, 0.15) is 0 Å². The van der Waals surface area contributed by atoms with Crippen molar-refractivity contribution in [2.24, 2.45) is 0 Å². The number of piperazine rings is 1. The van der Waals surface area contributed by atoms with Gasteiger partial charge in [0.05, 0.1) is 11.9 Å². The number of benzene rings is 1. The molecule has 0 amide bonds. The van der Waals surface area contributed by atoms with E-state index in [1.807, 2.05) is 18.2 Å². The molecule has 5 nitrogen and oxygen atoms in total. The smallest absolute Gasteiger partial charge is 0.229 e. The largest absolute Gasteiger partial charge is 0.314 e. The van der Waals surface area contributed by atoms with Gasteiger partial charge < -0.3 is 5.32 Å². The first kappa shape index (κ1) is 13.3. The van der Waals surface area contributed by atoms with E-state index in [4.69, 9.17) is 0 Å². The van der Waals surface area contributed by atoms with Crippen molar-refractivity contribution >= 4 is 15.7 Å². The van der Waals surface area contributed by atoms with Crippen molar-refractivity contribution in [2.75, 3.05) is 37.2 Å². The predicted octanol–water partition coefficient (Wildman–Crippen LogP) is 0.463. The molecule has 0 bridgehead atoms. The summed E-state index contributed by atoms with van der Waals surface area (Å²) >= 11 is 0. The maximum Gasteiger partial charge on any atom is 0.229 e. The number of hydrogen-bond acceptors (Lipinski definition) is 4. The summed E-state index contributed by atoms with van der Waals surface area (Å²) in [7, 11) is -3.22. The Hall–Kier alpha value is -1.11. The van der Waals surface area contributed by atoms with E-state index in [2.05, 4.69) is 14.9 Å². The number of rotatable bonds is 4. The van der Waals surface area contributed by atoms with Crippen molar-refractivity contribution in [3.63, 3.8) is 0 Å². The highest BCUT2D eigenvalue weighted by molar-refractivity contribution is 7.92. The number of nitrogens with one attached hydrogen (secondary N) is 2. The second-order valence-corrected chi connectivity index (χ2v) is 6.31. The Morgan fingerprint density at radius 3 is 2.61 bits per heavy atom. The molecular weight excluding hydrogens is 250 g/mol. The van der Waals surface area contributed by atoms with E-state index >= 15 is 0 Å². The first-order valence-corrected chi connectivity index (χ1v) is 7.92. The molecule has 0 aromatic heterocycles. The summed E-state index contributed by atoms with van der Waals surface area (Å²) in [4.78, 5) is 2.32. The van der Waals surface area contributed by atoms with Gasteiger partial charge in [-0.15, -0.1) is 0 Å². The summed E-state index contributed by atoms with van der Waals surface area (Å²) in [6.45, 7) is 4.74. The highest BCUT2D eigenvalue weighted by Crippen LogP contribution is 2.18. The Balaban J connectivity index is 2.11. The number of anilines is 1. The molecule has 0 saturated carbocycles. The summed E-state index contributed by atoms with van der Waals surface area (Å²) in [6.07, 6.45) is 1.18. The molecule has 18 heavy (non-hydrogen) atoms. The molecule has 6 heteroatoms. The average molecular weight is 269 g/mol. The fourth-order valence-electron chi connectivity index (χ4n) is 2.07. The lowest BCUT2D eigenvalue weighted by Crippen LogP contribution is -2.43. The predicted molar refractivity (Wildman–Crippen MR) is 73.1 cm³/mol.